The van der Waals surface area contributed by atoms with Crippen LogP contribution in [0.4, 0.5) is 0 Å². The van der Waals surface area contributed by atoms with Crippen molar-refractivity contribution in [2.24, 2.45) is 5.92 Å². The number of rotatable bonds is 5. The van der Waals surface area contributed by atoms with Crippen molar-refractivity contribution in [1.29, 1.82) is 0 Å². The Kier molecular flexibility index (Phi) is 4.88. The van der Waals surface area contributed by atoms with Crippen LogP contribution < -0.4 is 5.32 Å². The van der Waals surface area contributed by atoms with E-state index >= 15 is 0 Å². The topological polar surface area (TPSA) is 15.3 Å². The number of nitrogens with zero attached hydrogens (tertiary/aromatic N) is 1. The molecule has 0 amide bonds. The van der Waals surface area contributed by atoms with Gasteiger partial charge in [-0.15, -0.1) is 6.42 Å². The fraction of sp³-hybridized carbons (Fsp3) is 0.818. The molecule has 0 aromatic heterocycles. The maximum atomic E-state index is 5.22. The molecule has 2 nitrogen and oxygen atoms in total. The zero-order valence-electron chi connectivity index (χ0n) is 8.55. The lowest BCUT2D eigenvalue weighted by Gasteiger charge is -2.14. The Morgan fingerprint density at radius 1 is 1.62 bits per heavy atom. The van der Waals surface area contributed by atoms with Gasteiger partial charge >= 0.3 is 0 Å². The van der Waals surface area contributed by atoms with Gasteiger partial charge in [0.05, 0.1) is 6.54 Å². The molecular weight excluding hydrogens is 160 g/mol. The Morgan fingerprint density at radius 2 is 2.46 bits per heavy atom. The Balaban J connectivity index is 1.97. The first kappa shape index (κ1) is 10.6. The molecule has 1 atom stereocenters. The van der Waals surface area contributed by atoms with Crippen LogP contribution in [0.15, 0.2) is 0 Å². The Bertz CT molecular complexity index is 165. The summed E-state index contributed by atoms with van der Waals surface area (Å²) in [5.41, 5.74) is 0. The van der Waals surface area contributed by atoms with Crippen molar-refractivity contribution < 1.29 is 0 Å². The summed E-state index contributed by atoms with van der Waals surface area (Å²) in [7, 11) is 2.09. The van der Waals surface area contributed by atoms with E-state index < -0.39 is 0 Å². The van der Waals surface area contributed by atoms with E-state index in [9.17, 15) is 0 Å². The lowest BCUT2D eigenvalue weighted by atomic mass is 10.0. The minimum atomic E-state index is 0.781. The molecule has 1 unspecified atom stereocenters. The van der Waals surface area contributed by atoms with E-state index in [2.05, 4.69) is 23.2 Å². The average Bonchev–Trinajstić information content (AvgIpc) is 2.57. The molecule has 0 spiro atoms. The van der Waals surface area contributed by atoms with Crippen LogP contribution in [0.2, 0.25) is 0 Å². The maximum Gasteiger partial charge on any atom is 0.0596 e. The molecule has 1 rings (SSSR count). The fourth-order valence-electron chi connectivity index (χ4n) is 1.85. The summed E-state index contributed by atoms with van der Waals surface area (Å²) >= 11 is 0. The van der Waals surface area contributed by atoms with Crippen LogP contribution in [0.3, 0.4) is 0 Å². The molecule has 0 radical (unpaired) electrons. The largest absolute Gasteiger partial charge is 0.316 e. The maximum absolute atomic E-state index is 5.22. The van der Waals surface area contributed by atoms with Crippen molar-refractivity contribution in [3.63, 3.8) is 0 Å². The molecule has 1 N–H and O–H groups in total. The molecule has 74 valence electrons. The number of hydrogen-bond donors (Lipinski definition) is 1. The zero-order chi connectivity index (χ0) is 9.52. The number of nitrogens with one attached hydrogen (secondary N) is 1. The van der Waals surface area contributed by atoms with Crippen molar-refractivity contribution in [2.45, 2.75) is 19.3 Å². The van der Waals surface area contributed by atoms with E-state index in [1.54, 1.807) is 0 Å². The SMILES string of the molecule is C#CCN(C)CCCC1CCNC1. The van der Waals surface area contributed by atoms with Gasteiger partial charge in [-0.05, 0) is 51.9 Å². The van der Waals surface area contributed by atoms with Gasteiger partial charge in [-0.25, -0.2) is 0 Å². The normalized spacial score (nSPS) is 22.1. The minimum absolute atomic E-state index is 0.781. The van der Waals surface area contributed by atoms with Crippen molar-refractivity contribution >= 4 is 0 Å². The molecule has 0 aromatic rings. The summed E-state index contributed by atoms with van der Waals surface area (Å²) in [6.45, 7) is 4.35. The highest BCUT2D eigenvalue weighted by molar-refractivity contribution is 4.87. The monoisotopic (exact) mass is 180 g/mol. The van der Waals surface area contributed by atoms with Gasteiger partial charge < -0.3 is 5.32 Å². The summed E-state index contributed by atoms with van der Waals surface area (Å²) in [5, 5.41) is 3.39. The lowest BCUT2D eigenvalue weighted by Crippen LogP contribution is -2.20. The Hall–Kier alpha value is -0.520. The highest BCUT2D eigenvalue weighted by Gasteiger charge is 2.13. The molecular formula is C11H20N2. The third-order valence-electron chi connectivity index (χ3n) is 2.68. The van der Waals surface area contributed by atoms with Gasteiger partial charge in [0.15, 0.2) is 0 Å². The van der Waals surface area contributed by atoms with E-state index in [1.165, 1.54) is 32.4 Å². The summed E-state index contributed by atoms with van der Waals surface area (Å²) < 4.78 is 0. The van der Waals surface area contributed by atoms with Crippen LogP contribution in [0, 0.1) is 18.3 Å². The quantitative estimate of drug-likeness (QED) is 0.633. The summed E-state index contributed by atoms with van der Waals surface area (Å²) in [5.74, 6) is 3.58. The van der Waals surface area contributed by atoms with E-state index in [-0.39, 0.29) is 0 Å². The van der Waals surface area contributed by atoms with E-state index in [0.29, 0.717) is 0 Å². The molecule has 0 aromatic carbocycles. The first-order chi connectivity index (χ1) is 6.33. The van der Waals surface area contributed by atoms with Crippen molar-refractivity contribution in [3.05, 3.63) is 0 Å². The van der Waals surface area contributed by atoms with Crippen LogP contribution in [-0.2, 0) is 0 Å². The predicted octanol–water partition coefficient (Wildman–Crippen LogP) is 0.941. The van der Waals surface area contributed by atoms with E-state index in [0.717, 1.165) is 19.0 Å². The minimum Gasteiger partial charge on any atom is -0.316 e. The third-order valence-corrected chi connectivity index (χ3v) is 2.68. The summed E-state index contributed by atoms with van der Waals surface area (Å²) in [6.07, 6.45) is 9.21. The molecule has 0 saturated carbocycles. The molecule has 1 heterocycles. The number of hydrogen-bond acceptors (Lipinski definition) is 2. The van der Waals surface area contributed by atoms with Crippen molar-refractivity contribution in [2.75, 3.05) is 33.2 Å². The molecule has 1 aliphatic rings. The first-order valence-electron chi connectivity index (χ1n) is 5.15. The van der Waals surface area contributed by atoms with Crippen LogP contribution in [0.5, 0.6) is 0 Å². The highest BCUT2D eigenvalue weighted by Crippen LogP contribution is 2.14. The van der Waals surface area contributed by atoms with Gasteiger partial charge in [-0.2, -0.15) is 0 Å². The summed E-state index contributed by atoms with van der Waals surface area (Å²) in [4.78, 5) is 2.21. The van der Waals surface area contributed by atoms with Gasteiger partial charge in [0.1, 0.15) is 0 Å². The van der Waals surface area contributed by atoms with E-state index in [1.807, 2.05) is 0 Å². The number of terminal acetylenes is 1. The second-order valence-corrected chi connectivity index (χ2v) is 3.94. The Morgan fingerprint density at radius 3 is 3.08 bits per heavy atom. The van der Waals surface area contributed by atoms with Crippen molar-refractivity contribution in [3.8, 4) is 12.3 Å². The molecule has 0 bridgehead atoms. The van der Waals surface area contributed by atoms with Gasteiger partial charge in [0, 0.05) is 0 Å². The van der Waals surface area contributed by atoms with Gasteiger partial charge in [-0.3, -0.25) is 4.90 Å². The van der Waals surface area contributed by atoms with Gasteiger partial charge in [0.2, 0.25) is 0 Å². The fourth-order valence-corrected chi connectivity index (χ4v) is 1.85. The van der Waals surface area contributed by atoms with Crippen LogP contribution in [0.25, 0.3) is 0 Å². The molecule has 1 fully saturated rings. The zero-order valence-corrected chi connectivity index (χ0v) is 8.55. The first-order valence-corrected chi connectivity index (χ1v) is 5.15. The molecule has 13 heavy (non-hydrogen) atoms. The van der Waals surface area contributed by atoms with Gasteiger partial charge in [0.25, 0.3) is 0 Å². The summed E-state index contributed by atoms with van der Waals surface area (Å²) in [6, 6.07) is 0. The average molecular weight is 180 g/mol. The van der Waals surface area contributed by atoms with Crippen LogP contribution >= 0.6 is 0 Å². The van der Waals surface area contributed by atoms with Gasteiger partial charge in [-0.1, -0.05) is 5.92 Å². The molecule has 2 heteroatoms. The second-order valence-electron chi connectivity index (χ2n) is 3.94. The van der Waals surface area contributed by atoms with Crippen LogP contribution in [0.1, 0.15) is 19.3 Å². The lowest BCUT2D eigenvalue weighted by molar-refractivity contribution is 0.348. The Labute approximate surface area is 81.7 Å². The second kappa shape index (κ2) is 6.01. The van der Waals surface area contributed by atoms with Crippen LogP contribution in [-0.4, -0.2) is 38.1 Å². The third kappa shape index (κ3) is 4.31. The standard InChI is InChI=1S/C11H20N2/c1-3-8-13(2)9-4-5-11-6-7-12-10-11/h1,11-12H,4-10H2,2H3. The predicted molar refractivity (Wildman–Crippen MR) is 56.5 cm³/mol. The molecule has 0 aliphatic carbocycles. The molecule has 1 saturated heterocycles. The van der Waals surface area contributed by atoms with Crippen molar-refractivity contribution in [1.82, 2.24) is 10.2 Å². The van der Waals surface area contributed by atoms with E-state index in [4.69, 9.17) is 6.42 Å². The molecule has 1 aliphatic heterocycles. The highest BCUT2D eigenvalue weighted by atomic mass is 15.1. The smallest absolute Gasteiger partial charge is 0.0596 e.